The summed E-state index contributed by atoms with van der Waals surface area (Å²) in [6.45, 7) is 2.60. The minimum Gasteiger partial charge on any atom is -0.463 e. The van der Waals surface area contributed by atoms with Gasteiger partial charge in [0.25, 0.3) is 0 Å². The van der Waals surface area contributed by atoms with E-state index in [2.05, 4.69) is 142 Å². The second-order valence-electron chi connectivity index (χ2n) is 31.4. The van der Waals surface area contributed by atoms with Crippen LogP contribution in [0, 0.1) is 0 Å². The summed E-state index contributed by atoms with van der Waals surface area (Å²) in [5.41, 5.74) is 0. The number of hydrogen-bond donors (Lipinski definition) is 4. The SMILES string of the molecule is CC/C=C\C/C=C\C/C=C\C/C=C\C/C=C\C/C=C\CCCCCCCCCCCCCCCCCCC(=O)OCC(O)COP(=O)(O)OCC(O)COP(=O)(O)OCC(COC(=O)CCCCCCCCCCCCCCCCCCC/C=C\C/C=C\C/C=C\C/C=C\CCCCC)OC(=O)CCCCCCCCCCCCC. The predicted octanol–water partition coefficient (Wildman–Crippen LogP) is 28.8. The first kappa shape index (κ1) is 111. The van der Waals surface area contributed by atoms with Gasteiger partial charge in [-0.2, -0.15) is 0 Å². The molecule has 0 aromatic heterocycles. The number of aliphatic hydroxyl groups excluding tert-OH is 2. The highest BCUT2D eigenvalue weighted by atomic mass is 31.2. The van der Waals surface area contributed by atoms with Gasteiger partial charge in [0.1, 0.15) is 25.4 Å². The van der Waals surface area contributed by atoms with E-state index in [-0.39, 0.29) is 19.3 Å². The molecule has 0 heterocycles. The van der Waals surface area contributed by atoms with Gasteiger partial charge in [-0.1, -0.05) is 406 Å². The minimum absolute atomic E-state index is 0.109. The van der Waals surface area contributed by atoms with E-state index in [1.165, 1.54) is 238 Å². The quantitative estimate of drug-likeness (QED) is 0.0146. The van der Waals surface area contributed by atoms with Crippen LogP contribution >= 0.6 is 15.6 Å². The summed E-state index contributed by atoms with van der Waals surface area (Å²) in [6, 6.07) is 0. The average Bonchev–Trinajstić information content (AvgIpc) is 0.901. The first-order chi connectivity index (χ1) is 56.2. The number of carbonyl (C=O) groups is 3. The highest BCUT2D eigenvalue weighted by molar-refractivity contribution is 7.47. The number of rotatable bonds is 89. The Labute approximate surface area is 703 Å². The molecule has 0 aliphatic rings. The van der Waals surface area contributed by atoms with Crippen molar-refractivity contribution >= 4 is 33.6 Å². The van der Waals surface area contributed by atoms with Gasteiger partial charge in [-0.15, -0.1) is 0 Å². The van der Waals surface area contributed by atoms with E-state index >= 15 is 0 Å². The summed E-state index contributed by atoms with van der Waals surface area (Å²) in [5.74, 6) is -1.55. The van der Waals surface area contributed by atoms with Crippen LogP contribution in [0.2, 0.25) is 0 Å². The molecule has 0 bridgehead atoms. The Morgan fingerprint density at radius 2 is 0.461 bits per heavy atom. The molecule has 0 aromatic rings. The van der Waals surface area contributed by atoms with Gasteiger partial charge < -0.3 is 34.2 Å². The zero-order valence-corrected chi connectivity index (χ0v) is 75.2. The van der Waals surface area contributed by atoms with Crippen LogP contribution in [-0.2, 0) is 55.8 Å². The van der Waals surface area contributed by atoms with Gasteiger partial charge in [-0.25, -0.2) is 9.13 Å². The Kier molecular flexibility index (Phi) is 86.1. The lowest BCUT2D eigenvalue weighted by Gasteiger charge is -2.21. The molecule has 0 radical (unpaired) electrons. The monoisotopic (exact) mass is 1660 g/mol. The summed E-state index contributed by atoms with van der Waals surface area (Å²) in [7, 11) is -9.78. The largest absolute Gasteiger partial charge is 0.472 e. The Balaban J connectivity index is 4.30. The summed E-state index contributed by atoms with van der Waals surface area (Å²) in [6.07, 6.45) is 110. The lowest BCUT2D eigenvalue weighted by Crippen LogP contribution is -2.30. The summed E-state index contributed by atoms with van der Waals surface area (Å²) in [4.78, 5) is 58.8. The highest BCUT2D eigenvalue weighted by Crippen LogP contribution is 2.45. The van der Waals surface area contributed by atoms with Gasteiger partial charge in [0.05, 0.1) is 26.4 Å². The minimum atomic E-state index is -4.93. The van der Waals surface area contributed by atoms with E-state index in [0.717, 1.165) is 122 Å². The fourth-order valence-electron chi connectivity index (χ4n) is 13.1. The molecule has 5 atom stereocenters. The van der Waals surface area contributed by atoms with Crippen molar-refractivity contribution in [2.75, 3.05) is 39.6 Å². The summed E-state index contributed by atoms with van der Waals surface area (Å²) >= 11 is 0. The van der Waals surface area contributed by atoms with Crippen LogP contribution in [0.3, 0.4) is 0 Å². The number of carbonyl (C=O) groups excluding carboxylic acids is 3. The van der Waals surface area contributed by atoms with Crippen molar-refractivity contribution < 1.29 is 75.8 Å². The Bertz CT molecular complexity index is 2570. The fourth-order valence-corrected chi connectivity index (χ4v) is 14.7. The van der Waals surface area contributed by atoms with Crippen LogP contribution in [0.15, 0.2) is 122 Å². The Morgan fingerprint density at radius 1 is 0.252 bits per heavy atom. The lowest BCUT2D eigenvalue weighted by atomic mass is 10.0. The van der Waals surface area contributed by atoms with Gasteiger partial charge in [-0.3, -0.25) is 32.5 Å². The van der Waals surface area contributed by atoms with Crippen molar-refractivity contribution in [1.82, 2.24) is 0 Å². The van der Waals surface area contributed by atoms with Crippen LogP contribution in [0.1, 0.15) is 419 Å². The number of phosphoric acid groups is 2. The normalized spacial score (nSPS) is 14.3. The zero-order valence-electron chi connectivity index (χ0n) is 73.4. The molecular weight excluding hydrogens is 1480 g/mol. The number of allylic oxidation sites excluding steroid dienone is 20. The number of unbranched alkanes of at least 4 members (excludes halogenated alkanes) is 46. The fraction of sp³-hybridized carbons (Fsp3) is 0.763. The van der Waals surface area contributed by atoms with Crippen LogP contribution in [-0.4, -0.2) is 95.9 Å². The maximum Gasteiger partial charge on any atom is 0.472 e. The molecule has 0 saturated carbocycles. The third-order valence-electron chi connectivity index (χ3n) is 20.2. The molecule has 16 nitrogen and oxygen atoms in total. The van der Waals surface area contributed by atoms with Crippen LogP contribution in [0.4, 0.5) is 0 Å². The molecule has 0 fully saturated rings. The van der Waals surface area contributed by atoms with Crippen molar-refractivity contribution in [2.45, 2.75) is 437 Å². The summed E-state index contributed by atoms with van der Waals surface area (Å²) in [5, 5.41) is 20.7. The number of hydrogen-bond acceptors (Lipinski definition) is 14. The van der Waals surface area contributed by atoms with E-state index in [9.17, 15) is 43.5 Å². The molecule has 0 aliphatic carbocycles. The van der Waals surface area contributed by atoms with Gasteiger partial charge in [0.2, 0.25) is 0 Å². The first-order valence-corrected chi connectivity index (χ1v) is 49.8. The van der Waals surface area contributed by atoms with E-state index < -0.39 is 91.5 Å². The molecule has 0 aliphatic heterocycles. The maximum absolute atomic E-state index is 13.0. The van der Waals surface area contributed by atoms with Crippen molar-refractivity contribution in [2.24, 2.45) is 0 Å². The van der Waals surface area contributed by atoms with Crippen LogP contribution in [0.5, 0.6) is 0 Å². The smallest absolute Gasteiger partial charge is 0.463 e. The topological polar surface area (TPSA) is 231 Å². The average molecular weight is 1660 g/mol. The lowest BCUT2D eigenvalue weighted by molar-refractivity contribution is -0.161. The molecule has 0 rings (SSSR count). The molecule has 0 amide bonds. The van der Waals surface area contributed by atoms with Crippen molar-refractivity contribution in [3.05, 3.63) is 122 Å². The number of aliphatic hydroxyl groups is 2. The Hall–Kier alpha value is -4.05. The number of phosphoric ester groups is 2. The number of ether oxygens (including phenoxy) is 3. The third-order valence-corrected chi connectivity index (χ3v) is 22.1. The molecule has 18 heteroatoms. The Morgan fingerprint density at radius 3 is 0.748 bits per heavy atom. The molecule has 0 aromatic carbocycles. The molecule has 4 N–H and O–H groups in total. The maximum atomic E-state index is 13.0. The molecule has 666 valence electrons. The van der Waals surface area contributed by atoms with Crippen molar-refractivity contribution in [3.8, 4) is 0 Å². The summed E-state index contributed by atoms with van der Waals surface area (Å²) < 4.78 is 61.3. The van der Waals surface area contributed by atoms with Crippen LogP contribution < -0.4 is 0 Å². The van der Waals surface area contributed by atoms with Gasteiger partial charge in [0.15, 0.2) is 6.10 Å². The second kappa shape index (κ2) is 89.2. The zero-order chi connectivity index (χ0) is 83.6. The van der Waals surface area contributed by atoms with Crippen LogP contribution in [0.25, 0.3) is 0 Å². The van der Waals surface area contributed by atoms with E-state index in [1.807, 2.05) is 0 Å². The van der Waals surface area contributed by atoms with Gasteiger partial charge >= 0.3 is 33.6 Å². The van der Waals surface area contributed by atoms with Gasteiger partial charge in [0, 0.05) is 19.3 Å². The molecule has 0 saturated heterocycles. The predicted molar refractivity (Wildman–Crippen MR) is 482 cm³/mol. The van der Waals surface area contributed by atoms with E-state index in [4.69, 9.17) is 32.3 Å². The number of esters is 3. The first-order valence-electron chi connectivity index (χ1n) is 46.8. The molecule has 5 unspecified atom stereocenters. The van der Waals surface area contributed by atoms with E-state index in [1.54, 1.807) is 0 Å². The van der Waals surface area contributed by atoms with Gasteiger partial charge in [-0.05, 0) is 116 Å². The molecule has 115 heavy (non-hydrogen) atoms. The third kappa shape index (κ3) is 90.6. The standard InChI is InChI=1S/C97H172O16P2/c1-4-7-10-13-16-19-22-24-26-28-30-32-34-36-38-40-42-44-45-47-49-50-52-54-56-58-60-62-64-66-69-71-74-77-80-83-95(100)107-86-92(98)87-109-114(103,104)110-88-93(99)89-111-115(105,106)112-91-94(113-97(102)85-82-79-76-73-68-21-18-15-12-9-6-3)90-108-96(101)84-81-78-75-72-70-67-65-63-61-59-57-55-53-51-48-46-43-41-39-37-35-33-31-29-27-25-23-20-17-14-11-8-5-2/h7,10,16-17,19-20,24-27,30-33,36-39,42,44,92-94,98-99H,4-6,8-9,11-15,18,21-23,28-29,34-35,40-41,43,45-91H2,1-3H3,(H,103,104)(H,105,106)/b10-7-,19-16-,20-17-,26-24-,27-25-,32-30-,33-31-,38-36-,39-37-,44-42-. The van der Waals surface area contributed by atoms with E-state index in [0.29, 0.717) is 19.3 Å². The molecule has 0 spiro atoms. The van der Waals surface area contributed by atoms with Crippen molar-refractivity contribution in [1.29, 1.82) is 0 Å². The van der Waals surface area contributed by atoms with Crippen molar-refractivity contribution in [3.63, 3.8) is 0 Å². The molecular formula is C97H172O16P2. The second-order valence-corrected chi connectivity index (χ2v) is 34.3. The highest BCUT2D eigenvalue weighted by Gasteiger charge is 2.30.